The smallest absolute Gasteiger partial charge is 0.274 e. The van der Waals surface area contributed by atoms with E-state index in [9.17, 15) is 4.79 Å². The monoisotopic (exact) mass is 327 g/mol. The first kappa shape index (κ1) is 14.7. The lowest BCUT2D eigenvalue weighted by Crippen LogP contribution is -2.33. The minimum atomic E-state index is -0.166. The standard InChI is InChI=1S/C16H13N3OS2/c1-22-16(21)18-19-14(11-7-3-2-4-8-11)17-13-10-6-5-9-12(13)15(19)20/h2-10H,1H3,(H,18,21). The molecule has 0 fully saturated rings. The van der Waals surface area contributed by atoms with Crippen molar-refractivity contribution < 1.29 is 0 Å². The number of aromatic nitrogens is 2. The summed E-state index contributed by atoms with van der Waals surface area (Å²) < 4.78 is 1.92. The molecule has 0 spiro atoms. The second-order valence-electron chi connectivity index (χ2n) is 4.56. The number of thioether (sulfide) groups is 1. The van der Waals surface area contributed by atoms with Crippen molar-refractivity contribution in [2.75, 3.05) is 11.7 Å². The molecule has 0 radical (unpaired) electrons. The summed E-state index contributed by atoms with van der Waals surface area (Å²) in [4.78, 5) is 17.4. The fraction of sp³-hybridized carbons (Fsp3) is 0.0625. The number of nitrogens with zero attached hydrogens (tertiary/aromatic N) is 2. The van der Waals surface area contributed by atoms with Gasteiger partial charge in [0.05, 0.1) is 10.9 Å². The quantitative estimate of drug-likeness (QED) is 0.732. The van der Waals surface area contributed by atoms with Crippen LogP contribution in [-0.2, 0) is 0 Å². The van der Waals surface area contributed by atoms with Gasteiger partial charge in [-0.15, -0.1) is 0 Å². The van der Waals surface area contributed by atoms with Crippen molar-refractivity contribution in [3.8, 4) is 11.4 Å². The maximum Gasteiger partial charge on any atom is 0.280 e. The van der Waals surface area contributed by atoms with E-state index in [4.69, 9.17) is 12.2 Å². The minimum absolute atomic E-state index is 0.166. The molecule has 0 unspecified atom stereocenters. The summed E-state index contributed by atoms with van der Waals surface area (Å²) in [5.74, 6) is 0.542. The van der Waals surface area contributed by atoms with Gasteiger partial charge < -0.3 is 0 Å². The number of nitrogens with one attached hydrogen (secondary N) is 1. The lowest BCUT2D eigenvalue weighted by Gasteiger charge is -2.15. The Hall–Kier alpha value is -2.18. The Morgan fingerprint density at radius 2 is 1.82 bits per heavy atom. The number of rotatable bonds is 2. The molecule has 0 atom stereocenters. The van der Waals surface area contributed by atoms with E-state index in [0.29, 0.717) is 21.0 Å². The SMILES string of the molecule is CSC(=S)Nn1c(-c2ccccc2)nc2ccccc2c1=O. The molecule has 3 aromatic rings. The average molecular weight is 327 g/mol. The van der Waals surface area contributed by atoms with E-state index < -0.39 is 0 Å². The highest BCUT2D eigenvalue weighted by Gasteiger charge is 2.13. The molecule has 0 bridgehead atoms. The van der Waals surface area contributed by atoms with Crippen molar-refractivity contribution in [1.82, 2.24) is 9.66 Å². The van der Waals surface area contributed by atoms with E-state index in [1.807, 2.05) is 54.8 Å². The highest BCUT2D eigenvalue weighted by molar-refractivity contribution is 8.22. The molecule has 0 amide bonds. The predicted octanol–water partition coefficient (Wildman–Crippen LogP) is 3.25. The third-order valence-corrected chi connectivity index (χ3v) is 4.25. The van der Waals surface area contributed by atoms with Gasteiger partial charge in [-0.2, -0.15) is 4.68 Å². The van der Waals surface area contributed by atoms with Crippen LogP contribution in [0, 0.1) is 0 Å². The summed E-state index contributed by atoms with van der Waals surface area (Å²) in [5.41, 5.74) is 4.30. The zero-order chi connectivity index (χ0) is 15.5. The number of hydrogen-bond acceptors (Lipinski definition) is 4. The Labute approximate surface area is 137 Å². The number of benzene rings is 2. The van der Waals surface area contributed by atoms with Gasteiger partial charge in [-0.05, 0) is 18.4 Å². The number of para-hydroxylation sites is 1. The Balaban J connectivity index is 2.31. The Morgan fingerprint density at radius 1 is 1.14 bits per heavy atom. The van der Waals surface area contributed by atoms with E-state index in [1.54, 1.807) is 6.07 Å². The maximum absolute atomic E-state index is 12.8. The van der Waals surface area contributed by atoms with E-state index in [1.165, 1.54) is 16.4 Å². The van der Waals surface area contributed by atoms with E-state index in [2.05, 4.69) is 10.4 Å². The second kappa shape index (κ2) is 6.29. The highest BCUT2D eigenvalue weighted by atomic mass is 32.2. The van der Waals surface area contributed by atoms with Crippen molar-refractivity contribution in [2.24, 2.45) is 0 Å². The molecule has 3 rings (SSSR count). The molecule has 2 aromatic carbocycles. The van der Waals surface area contributed by atoms with E-state index >= 15 is 0 Å². The molecular weight excluding hydrogens is 314 g/mol. The lowest BCUT2D eigenvalue weighted by molar-refractivity contribution is 0.914. The van der Waals surface area contributed by atoms with Crippen LogP contribution >= 0.6 is 24.0 Å². The summed E-state index contributed by atoms with van der Waals surface area (Å²) in [6.45, 7) is 0. The first-order chi connectivity index (χ1) is 10.7. The summed E-state index contributed by atoms with van der Waals surface area (Å²) >= 11 is 6.56. The van der Waals surface area contributed by atoms with Crippen molar-refractivity contribution >= 4 is 39.2 Å². The third-order valence-electron chi connectivity index (χ3n) is 3.20. The molecule has 0 aliphatic heterocycles. The van der Waals surface area contributed by atoms with Crippen molar-refractivity contribution in [3.63, 3.8) is 0 Å². The fourth-order valence-electron chi connectivity index (χ4n) is 2.15. The van der Waals surface area contributed by atoms with Crippen LogP contribution in [0.15, 0.2) is 59.4 Å². The predicted molar refractivity (Wildman–Crippen MR) is 96.9 cm³/mol. The van der Waals surface area contributed by atoms with Gasteiger partial charge in [-0.25, -0.2) is 4.98 Å². The van der Waals surface area contributed by atoms with Crippen molar-refractivity contribution in [1.29, 1.82) is 0 Å². The molecule has 0 saturated carbocycles. The summed E-state index contributed by atoms with van der Waals surface area (Å²) in [6.07, 6.45) is 1.86. The minimum Gasteiger partial charge on any atom is -0.274 e. The zero-order valence-electron chi connectivity index (χ0n) is 11.8. The third kappa shape index (κ3) is 2.75. The van der Waals surface area contributed by atoms with Gasteiger partial charge >= 0.3 is 0 Å². The highest BCUT2D eigenvalue weighted by Crippen LogP contribution is 2.18. The van der Waals surface area contributed by atoms with Crippen LogP contribution in [0.1, 0.15) is 0 Å². The molecule has 22 heavy (non-hydrogen) atoms. The normalized spacial score (nSPS) is 10.6. The first-order valence-electron chi connectivity index (χ1n) is 6.63. The number of fused-ring (bicyclic) bond motifs is 1. The van der Waals surface area contributed by atoms with Crippen LogP contribution in [0.2, 0.25) is 0 Å². The van der Waals surface area contributed by atoms with Crippen LogP contribution in [0.4, 0.5) is 0 Å². The molecule has 1 aromatic heterocycles. The maximum atomic E-state index is 12.8. The Morgan fingerprint density at radius 3 is 2.55 bits per heavy atom. The van der Waals surface area contributed by atoms with Gasteiger partial charge in [0, 0.05) is 5.56 Å². The van der Waals surface area contributed by atoms with Crippen LogP contribution in [0.5, 0.6) is 0 Å². The number of thiocarbonyl (C=S) groups is 1. The molecule has 4 nitrogen and oxygen atoms in total. The van der Waals surface area contributed by atoms with E-state index in [0.717, 1.165) is 5.56 Å². The van der Waals surface area contributed by atoms with Gasteiger partial charge in [0.1, 0.15) is 0 Å². The van der Waals surface area contributed by atoms with Gasteiger partial charge in [0.15, 0.2) is 10.1 Å². The van der Waals surface area contributed by atoms with Crippen LogP contribution < -0.4 is 11.0 Å². The van der Waals surface area contributed by atoms with Crippen molar-refractivity contribution in [2.45, 2.75) is 0 Å². The van der Waals surface area contributed by atoms with Crippen molar-refractivity contribution in [3.05, 3.63) is 65.0 Å². The molecule has 1 heterocycles. The van der Waals surface area contributed by atoms with Crippen LogP contribution in [-0.4, -0.2) is 20.2 Å². The molecule has 1 N–H and O–H groups in total. The molecular formula is C16H13N3OS2. The lowest BCUT2D eigenvalue weighted by atomic mass is 10.2. The average Bonchev–Trinajstić information content (AvgIpc) is 2.58. The molecule has 0 saturated heterocycles. The summed E-state index contributed by atoms with van der Waals surface area (Å²) in [5, 5.41) is 0.554. The van der Waals surface area contributed by atoms with Crippen LogP contribution in [0.25, 0.3) is 22.3 Å². The summed E-state index contributed by atoms with van der Waals surface area (Å²) in [7, 11) is 0. The zero-order valence-corrected chi connectivity index (χ0v) is 13.4. The second-order valence-corrected chi connectivity index (χ2v) is 6.05. The number of hydrogen-bond donors (Lipinski definition) is 1. The fourth-order valence-corrected chi connectivity index (χ4v) is 2.43. The largest absolute Gasteiger partial charge is 0.280 e. The summed E-state index contributed by atoms with van der Waals surface area (Å²) in [6, 6.07) is 16.9. The molecule has 0 aliphatic rings. The van der Waals surface area contributed by atoms with Gasteiger partial charge in [0.25, 0.3) is 5.56 Å². The van der Waals surface area contributed by atoms with Crippen LogP contribution in [0.3, 0.4) is 0 Å². The first-order valence-corrected chi connectivity index (χ1v) is 8.26. The Kier molecular flexibility index (Phi) is 4.22. The van der Waals surface area contributed by atoms with Gasteiger partial charge in [-0.3, -0.25) is 10.2 Å². The molecule has 0 aliphatic carbocycles. The van der Waals surface area contributed by atoms with E-state index in [-0.39, 0.29) is 5.56 Å². The molecule has 6 heteroatoms. The van der Waals surface area contributed by atoms with Gasteiger partial charge in [0.2, 0.25) is 0 Å². The molecule has 110 valence electrons. The topological polar surface area (TPSA) is 46.9 Å². The Bertz CT molecular complexity index is 891. The van der Waals surface area contributed by atoms with Gasteiger partial charge in [-0.1, -0.05) is 66.4 Å².